The Balaban J connectivity index is 0.00000243. The number of hydrogen-bond acceptors (Lipinski definition) is 4. The molecule has 0 bridgehead atoms. The van der Waals surface area contributed by atoms with Crippen LogP contribution in [0.1, 0.15) is 22.3 Å². The molecule has 132 valence electrons. The molecule has 0 aromatic heterocycles. The minimum absolute atomic E-state index is 0. The Labute approximate surface area is 176 Å². The van der Waals surface area contributed by atoms with Crippen molar-refractivity contribution < 1.29 is 47.9 Å². The molecule has 0 saturated carbocycles. The molecule has 0 amide bonds. The molecule has 0 saturated heterocycles. The van der Waals surface area contributed by atoms with E-state index in [1.54, 1.807) is 18.2 Å². The number of sulfonamides is 1. The van der Waals surface area contributed by atoms with Gasteiger partial charge in [-0.2, -0.15) is 0 Å². The maximum atomic E-state index is 12.2. The number of benzene rings is 2. The number of carboxylic acid groups (broad SMARTS) is 1. The third kappa shape index (κ3) is 5.93. The minimum Gasteiger partial charge on any atom is -0.550 e. The predicted octanol–water partition coefficient (Wildman–Crippen LogP) is -2.18. The van der Waals surface area contributed by atoms with Gasteiger partial charge in [0, 0.05) is 18.9 Å². The maximum Gasteiger partial charge on any atom is 1.00 e. The van der Waals surface area contributed by atoms with Crippen LogP contribution < -0.4 is 39.4 Å². The Morgan fingerprint density at radius 3 is 2.42 bits per heavy atom. The molecule has 7 heteroatoms. The first kappa shape index (κ1) is 21.1. The van der Waals surface area contributed by atoms with Crippen LogP contribution in [-0.4, -0.2) is 20.9 Å². The summed E-state index contributed by atoms with van der Waals surface area (Å²) in [6, 6.07) is 14.7. The van der Waals surface area contributed by atoms with Crippen molar-refractivity contribution >= 4 is 16.0 Å². The van der Waals surface area contributed by atoms with Gasteiger partial charge in [-0.1, -0.05) is 48.5 Å². The van der Waals surface area contributed by atoms with Gasteiger partial charge in [-0.3, -0.25) is 0 Å². The predicted molar refractivity (Wildman–Crippen MR) is 93.1 cm³/mol. The summed E-state index contributed by atoms with van der Waals surface area (Å²) in [6.45, 7) is 0.389. The van der Waals surface area contributed by atoms with Crippen LogP contribution in [0.15, 0.2) is 48.5 Å². The molecule has 0 aliphatic heterocycles. The summed E-state index contributed by atoms with van der Waals surface area (Å²) in [4.78, 5) is 10.7. The second-order valence-corrected chi connectivity index (χ2v) is 8.33. The Morgan fingerprint density at radius 1 is 1.04 bits per heavy atom. The van der Waals surface area contributed by atoms with E-state index in [1.807, 2.05) is 30.3 Å². The molecule has 1 atom stereocenters. The van der Waals surface area contributed by atoms with E-state index in [0.717, 1.165) is 35.1 Å². The molecule has 0 heterocycles. The minimum atomic E-state index is -3.37. The quantitative estimate of drug-likeness (QED) is 0.553. The van der Waals surface area contributed by atoms with Crippen molar-refractivity contribution in [2.24, 2.45) is 5.92 Å². The summed E-state index contributed by atoms with van der Waals surface area (Å²) in [7, 11) is -3.37. The van der Waals surface area contributed by atoms with Crippen LogP contribution in [-0.2, 0) is 39.8 Å². The molecule has 1 unspecified atom stereocenters. The SMILES string of the molecule is O=C([O-])Cc1ccc2c(c1)CC(CNS(=O)(=O)Cc1ccccc1)C2.[Na+]. The Kier molecular flexibility index (Phi) is 7.43. The molecule has 0 radical (unpaired) electrons. The topological polar surface area (TPSA) is 86.3 Å². The van der Waals surface area contributed by atoms with Crippen molar-refractivity contribution in [3.05, 3.63) is 70.8 Å². The fourth-order valence-corrected chi connectivity index (χ4v) is 4.50. The second kappa shape index (κ2) is 9.15. The smallest absolute Gasteiger partial charge is 0.550 e. The fraction of sp³-hybridized carbons (Fsp3) is 0.316. The zero-order valence-corrected chi connectivity index (χ0v) is 17.6. The molecule has 1 N–H and O–H groups in total. The molecule has 0 spiro atoms. The fourth-order valence-electron chi connectivity index (χ4n) is 3.27. The molecule has 3 rings (SSSR count). The van der Waals surface area contributed by atoms with E-state index in [9.17, 15) is 18.3 Å². The molecule has 2 aromatic carbocycles. The summed E-state index contributed by atoms with van der Waals surface area (Å²) in [5, 5.41) is 10.7. The van der Waals surface area contributed by atoms with Gasteiger partial charge in [-0.25, -0.2) is 13.1 Å². The summed E-state index contributed by atoms with van der Waals surface area (Å²) in [5.74, 6) is -0.926. The molecular formula is C19H20NNaO4S. The van der Waals surface area contributed by atoms with E-state index in [4.69, 9.17) is 0 Å². The van der Waals surface area contributed by atoms with Crippen LogP contribution in [0.5, 0.6) is 0 Å². The third-order valence-electron chi connectivity index (χ3n) is 4.43. The Hall–Kier alpha value is -1.18. The zero-order valence-electron chi connectivity index (χ0n) is 14.8. The first-order valence-electron chi connectivity index (χ1n) is 8.23. The molecule has 0 fully saturated rings. The van der Waals surface area contributed by atoms with E-state index in [-0.39, 0.29) is 47.6 Å². The van der Waals surface area contributed by atoms with Crippen molar-refractivity contribution in [1.82, 2.24) is 4.72 Å². The Morgan fingerprint density at radius 2 is 1.73 bits per heavy atom. The number of rotatable bonds is 7. The van der Waals surface area contributed by atoms with Gasteiger partial charge in [0.05, 0.1) is 5.75 Å². The first-order chi connectivity index (χ1) is 11.9. The van der Waals surface area contributed by atoms with Crippen molar-refractivity contribution in [3.8, 4) is 0 Å². The number of carbonyl (C=O) groups excluding carboxylic acids is 1. The number of carboxylic acids is 1. The van der Waals surface area contributed by atoms with E-state index in [2.05, 4.69) is 4.72 Å². The maximum absolute atomic E-state index is 12.2. The van der Waals surface area contributed by atoms with Gasteiger partial charge in [-0.15, -0.1) is 0 Å². The van der Waals surface area contributed by atoms with Crippen LogP contribution in [0, 0.1) is 5.92 Å². The van der Waals surface area contributed by atoms with E-state index >= 15 is 0 Å². The largest absolute Gasteiger partial charge is 1.00 e. The zero-order chi connectivity index (χ0) is 17.9. The van der Waals surface area contributed by atoms with Crippen molar-refractivity contribution in [3.63, 3.8) is 0 Å². The molecule has 5 nitrogen and oxygen atoms in total. The average Bonchev–Trinajstić information content (AvgIpc) is 2.95. The summed E-state index contributed by atoms with van der Waals surface area (Å²) in [6.07, 6.45) is 1.46. The molecule has 1 aliphatic carbocycles. The summed E-state index contributed by atoms with van der Waals surface area (Å²) in [5.41, 5.74) is 3.75. The van der Waals surface area contributed by atoms with Gasteiger partial charge in [0.15, 0.2) is 0 Å². The van der Waals surface area contributed by atoms with Gasteiger partial charge >= 0.3 is 29.6 Å². The van der Waals surface area contributed by atoms with E-state index in [0.29, 0.717) is 6.54 Å². The Bertz CT molecular complexity index is 868. The normalized spacial score (nSPS) is 15.9. The van der Waals surface area contributed by atoms with Crippen LogP contribution in [0.2, 0.25) is 0 Å². The number of aliphatic carboxylic acids is 1. The first-order valence-corrected chi connectivity index (χ1v) is 9.88. The van der Waals surface area contributed by atoms with Crippen molar-refractivity contribution in [2.45, 2.75) is 25.0 Å². The van der Waals surface area contributed by atoms with E-state index < -0.39 is 16.0 Å². The molecule has 1 aliphatic rings. The number of hydrogen-bond donors (Lipinski definition) is 1. The standard InChI is InChI=1S/C19H21NO4S.Na/c21-19(22)11-15-6-7-17-9-16(10-18(17)8-15)12-20-25(23,24)13-14-4-2-1-3-5-14;/h1-8,16,20H,9-13H2,(H,21,22);/q;+1/p-1. The van der Waals surface area contributed by atoms with Crippen molar-refractivity contribution in [1.29, 1.82) is 0 Å². The summed E-state index contributed by atoms with van der Waals surface area (Å²) >= 11 is 0. The van der Waals surface area contributed by atoms with Crippen LogP contribution in [0.3, 0.4) is 0 Å². The van der Waals surface area contributed by atoms with Crippen LogP contribution >= 0.6 is 0 Å². The van der Waals surface area contributed by atoms with Gasteiger partial charge in [0.1, 0.15) is 0 Å². The van der Waals surface area contributed by atoms with Gasteiger partial charge in [-0.05, 0) is 41.0 Å². The number of carbonyl (C=O) groups is 1. The van der Waals surface area contributed by atoms with Crippen LogP contribution in [0.25, 0.3) is 0 Å². The summed E-state index contributed by atoms with van der Waals surface area (Å²) < 4.78 is 27.1. The number of fused-ring (bicyclic) bond motifs is 1. The second-order valence-electron chi connectivity index (χ2n) is 6.52. The van der Waals surface area contributed by atoms with Gasteiger partial charge in [0.25, 0.3) is 0 Å². The van der Waals surface area contributed by atoms with E-state index in [1.165, 1.54) is 0 Å². The molecule has 2 aromatic rings. The molecular weight excluding hydrogens is 361 g/mol. The monoisotopic (exact) mass is 381 g/mol. The number of nitrogens with one attached hydrogen (secondary N) is 1. The van der Waals surface area contributed by atoms with Gasteiger partial charge in [0.2, 0.25) is 10.0 Å². The third-order valence-corrected chi connectivity index (χ3v) is 5.75. The van der Waals surface area contributed by atoms with Crippen molar-refractivity contribution in [2.75, 3.05) is 6.54 Å². The molecule has 26 heavy (non-hydrogen) atoms. The van der Waals surface area contributed by atoms with Gasteiger partial charge < -0.3 is 9.90 Å². The average molecular weight is 381 g/mol. The van der Waals surface area contributed by atoms with Crippen LogP contribution in [0.4, 0.5) is 0 Å².